The number of carbonyl (C=O) groups excluding carboxylic acids is 1. The van der Waals surface area contributed by atoms with E-state index in [-0.39, 0.29) is 11.6 Å². The molecule has 0 atom stereocenters. The van der Waals surface area contributed by atoms with Crippen molar-refractivity contribution in [3.05, 3.63) is 35.9 Å². The summed E-state index contributed by atoms with van der Waals surface area (Å²) < 4.78 is 0. The van der Waals surface area contributed by atoms with Gasteiger partial charge < -0.3 is 5.32 Å². The van der Waals surface area contributed by atoms with Gasteiger partial charge in [-0.2, -0.15) is 15.4 Å². The molecule has 0 unspecified atom stereocenters. The summed E-state index contributed by atoms with van der Waals surface area (Å²) in [5, 5.41) is 12.3. The van der Waals surface area contributed by atoms with E-state index in [1.807, 2.05) is 13.0 Å². The first kappa shape index (κ1) is 9.32. The smallest absolute Gasteiger partial charge is 0.277 e. The van der Waals surface area contributed by atoms with Crippen molar-refractivity contribution in [2.45, 2.75) is 6.92 Å². The quantitative estimate of drug-likeness (QED) is 0.754. The molecule has 1 amide bonds. The molecule has 0 fully saturated rings. The van der Waals surface area contributed by atoms with Crippen molar-refractivity contribution in [2.24, 2.45) is 0 Å². The Kier molecular flexibility index (Phi) is 2.40. The monoisotopic (exact) mass is 203 g/mol. The second kappa shape index (κ2) is 3.87. The van der Waals surface area contributed by atoms with Crippen LogP contribution in [-0.2, 0) is 0 Å². The van der Waals surface area contributed by atoms with E-state index in [2.05, 4.69) is 25.7 Å². The van der Waals surface area contributed by atoms with Crippen molar-refractivity contribution in [1.82, 2.24) is 20.4 Å². The molecule has 0 aliphatic heterocycles. The van der Waals surface area contributed by atoms with Crippen molar-refractivity contribution in [1.29, 1.82) is 0 Å². The second-order valence-corrected chi connectivity index (χ2v) is 3.00. The molecular formula is C9H9N5O. The summed E-state index contributed by atoms with van der Waals surface area (Å²) in [7, 11) is 0. The van der Waals surface area contributed by atoms with Gasteiger partial charge in [0.15, 0.2) is 5.69 Å². The van der Waals surface area contributed by atoms with E-state index in [0.717, 1.165) is 5.56 Å². The lowest BCUT2D eigenvalue weighted by Gasteiger charge is -2.04. The summed E-state index contributed by atoms with van der Waals surface area (Å²) in [5.74, 6) is -0.306. The minimum Gasteiger partial charge on any atom is -0.319 e. The maximum Gasteiger partial charge on any atom is 0.277 e. The van der Waals surface area contributed by atoms with Gasteiger partial charge in [0, 0.05) is 6.20 Å². The van der Waals surface area contributed by atoms with Crippen LogP contribution in [0.5, 0.6) is 0 Å². The zero-order valence-electron chi connectivity index (χ0n) is 8.06. The predicted molar refractivity (Wildman–Crippen MR) is 53.3 cm³/mol. The molecule has 6 heteroatoms. The summed E-state index contributed by atoms with van der Waals surface area (Å²) >= 11 is 0. The molecule has 2 rings (SSSR count). The van der Waals surface area contributed by atoms with E-state index in [1.54, 1.807) is 12.4 Å². The first-order chi connectivity index (χ1) is 7.27. The molecule has 0 saturated heterocycles. The van der Waals surface area contributed by atoms with Gasteiger partial charge in [0.05, 0.1) is 18.1 Å². The SMILES string of the molecule is Cc1ccncc1NC(=O)c1cn[nH]n1. The standard InChI is InChI=1S/C9H9N5O/c1-6-2-3-10-4-7(6)12-9(15)8-5-11-14-13-8/h2-5H,1H3,(H,12,15)(H,11,13,14). The van der Waals surface area contributed by atoms with E-state index < -0.39 is 0 Å². The maximum absolute atomic E-state index is 11.6. The number of pyridine rings is 1. The Bertz CT molecular complexity index is 465. The van der Waals surface area contributed by atoms with Crippen LogP contribution >= 0.6 is 0 Å². The molecule has 0 aliphatic carbocycles. The number of nitrogens with one attached hydrogen (secondary N) is 2. The van der Waals surface area contributed by atoms with Crippen LogP contribution in [0.4, 0.5) is 5.69 Å². The summed E-state index contributed by atoms with van der Waals surface area (Å²) in [4.78, 5) is 15.5. The third-order valence-electron chi connectivity index (χ3n) is 1.93. The highest BCUT2D eigenvalue weighted by Crippen LogP contribution is 2.11. The topological polar surface area (TPSA) is 83.6 Å². The Morgan fingerprint density at radius 1 is 1.47 bits per heavy atom. The number of nitrogens with zero attached hydrogens (tertiary/aromatic N) is 3. The van der Waals surface area contributed by atoms with Crippen LogP contribution in [0.25, 0.3) is 0 Å². The molecule has 15 heavy (non-hydrogen) atoms. The van der Waals surface area contributed by atoms with Gasteiger partial charge in [-0.1, -0.05) is 0 Å². The summed E-state index contributed by atoms with van der Waals surface area (Å²) in [6.45, 7) is 1.89. The first-order valence-corrected chi connectivity index (χ1v) is 4.35. The number of hydrogen-bond donors (Lipinski definition) is 2. The summed E-state index contributed by atoms with van der Waals surface area (Å²) in [6.07, 6.45) is 4.62. The molecule has 2 heterocycles. The molecule has 6 nitrogen and oxygen atoms in total. The highest BCUT2D eigenvalue weighted by molar-refractivity contribution is 6.02. The van der Waals surface area contributed by atoms with Crippen molar-refractivity contribution >= 4 is 11.6 Å². The van der Waals surface area contributed by atoms with E-state index in [4.69, 9.17) is 0 Å². The molecule has 2 aromatic heterocycles. The van der Waals surface area contributed by atoms with E-state index in [9.17, 15) is 4.79 Å². The van der Waals surface area contributed by atoms with Crippen LogP contribution in [0.2, 0.25) is 0 Å². The Morgan fingerprint density at radius 3 is 3.00 bits per heavy atom. The molecule has 0 bridgehead atoms. The Morgan fingerprint density at radius 2 is 2.33 bits per heavy atom. The van der Waals surface area contributed by atoms with Crippen molar-refractivity contribution in [3.63, 3.8) is 0 Å². The summed E-state index contributed by atoms with van der Waals surface area (Å²) in [6, 6.07) is 1.82. The van der Waals surface area contributed by atoms with Gasteiger partial charge in [0.25, 0.3) is 5.91 Å². The largest absolute Gasteiger partial charge is 0.319 e. The number of aromatic amines is 1. The zero-order valence-corrected chi connectivity index (χ0v) is 8.06. The van der Waals surface area contributed by atoms with Crippen LogP contribution in [0.1, 0.15) is 16.1 Å². The van der Waals surface area contributed by atoms with Gasteiger partial charge in [-0.3, -0.25) is 9.78 Å². The maximum atomic E-state index is 11.6. The lowest BCUT2D eigenvalue weighted by atomic mass is 10.2. The minimum atomic E-state index is -0.306. The third kappa shape index (κ3) is 1.98. The number of hydrogen-bond acceptors (Lipinski definition) is 4. The highest BCUT2D eigenvalue weighted by Gasteiger charge is 2.09. The summed E-state index contributed by atoms with van der Waals surface area (Å²) in [5.41, 5.74) is 1.87. The minimum absolute atomic E-state index is 0.248. The fourth-order valence-corrected chi connectivity index (χ4v) is 1.09. The van der Waals surface area contributed by atoms with Gasteiger partial charge in [-0.15, -0.1) is 0 Å². The average Bonchev–Trinajstić information content (AvgIpc) is 2.74. The molecule has 0 aliphatic rings. The number of H-pyrrole nitrogens is 1. The lowest BCUT2D eigenvalue weighted by Crippen LogP contribution is -2.13. The predicted octanol–water partition coefficient (Wildman–Crippen LogP) is 0.760. The fraction of sp³-hybridized carbons (Fsp3) is 0.111. The Hall–Kier alpha value is -2.24. The second-order valence-electron chi connectivity index (χ2n) is 3.00. The number of carbonyl (C=O) groups is 1. The molecule has 0 aromatic carbocycles. The number of aryl methyl sites for hydroxylation is 1. The molecule has 76 valence electrons. The average molecular weight is 203 g/mol. The molecule has 2 aromatic rings. The van der Waals surface area contributed by atoms with E-state index >= 15 is 0 Å². The Balaban J connectivity index is 2.17. The van der Waals surface area contributed by atoms with Crippen molar-refractivity contribution < 1.29 is 4.79 Å². The van der Waals surface area contributed by atoms with Gasteiger partial charge in [0.1, 0.15) is 0 Å². The van der Waals surface area contributed by atoms with Crippen molar-refractivity contribution in [2.75, 3.05) is 5.32 Å². The molecular weight excluding hydrogens is 194 g/mol. The number of rotatable bonds is 2. The highest BCUT2D eigenvalue weighted by atomic mass is 16.2. The van der Waals surface area contributed by atoms with E-state index in [1.165, 1.54) is 6.20 Å². The molecule has 2 N–H and O–H groups in total. The first-order valence-electron chi connectivity index (χ1n) is 4.35. The van der Waals surface area contributed by atoms with Crippen LogP contribution in [0.3, 0.4) is 0 Å². The van der Waals surface area contributed by atoms with Crippen LogP contribution < -0.4 is 5.32 Å². The van der Waals surface area contributed by atoms with Crippen LogP contribution in [-0.4, -0.2) is 26.3 Å². The molecule has 0 spiro atoms. The lowest BCUT2D eigenvalue weighted by molar-refractivity contribution is 0.102. The molecule has 0 radical (unpaired) electrons. The van der Waals surface area contributed by atoms with E-state index in [0.29, 0.717) is 5.69 Å². The van der Waals surface area contributed by atoms with Crippen LogP contribution in [0, 0.1) is 6.92 Å². The zero-order chi connectivity index (χ0) is 10.7. The van der Waals surface area contributed by atoms with Gasteiger partial charge in [-0.25, -0.2) is 0 Å². The van der Waals surface area contributed by atoms with Gasteiger partial charge in [0.2, 0.25) is 0 Å². The normalized spacial score (nSPS) is 9.93. The number of aromatic nitrogens is 4. The molecule has 0 saturated carbocycles. The number of anilines is 1. The number of amides is 1. The van der Waals surface area contributed by atoms with Gasteiger partial charge >= 0.3 is 0 Å². The Labute approximate surface area is 85.7 Å². The van der Waals surface area contributed by atoms with Gasteiger partial charge in [-0.05, 0) is 18.6 Å². The third-order valence-corrected chi connectivity index (χ3v) is 1.93. The van der Waals surface area contributed by atoms with Crippen molar-refractivity contribution in [3.8, 4) is 0 Å². The van der Waals surface area contributed by atoms with Crippen LogP contribution in [0.15, 0.2) is 24.7 Å². The fourth-order valence-electron chi connectivity index (χ4n) is 1.09.